The van der Waals surface area contributed by atoms with Crippen molar-refractivity contribution in [3.05, 3.63) is 71.5 Å². The highest BCUT2D eigenvalue weighted by atomic mass is 19.1. The summed E-state index contributed by atoms with van der Waals surface area (Å²) < 4.78 is 13.1. The van der Waals surface area contributed by atoms with E-state index in [1.807, 2.05) is 24.3 Å². The Balaban J connectivity index is 1.77. The SMILES string of the molecule is CN(Cc1cccc(F)c1)C(=O)CCCc1ccccc1. The van der Waals surface area contributed by atoms with Crippen molar-refractivity contribution < 1.29 is 9.18 Å². The average molecular weight is 285 g/mol. The molecular formula is C18H20FNO. The number of aryl methyl sites for hydroxylation is 1. The zero-order valence-corrected chi connectivity index (χ0v) is 12.3. The molecule has 2 aromatic carbocycles. The molecule has 0 aliphatic heterocycles. The molecule has 0 aromatic heterocycles. The first kappa shape index (κ1) is 15.2. The van der Waals surface area contributed by atoms with Crippen LogP contribution < -0.4 is 0 Å². The number of hydrogen-bond acceptors (Lipinski definition) is 1. The van der Waals surface area contributed by atoms with Crippen LogP contribution in [0.5, 0.6) is 0 Å². The molecule has 0 heterocycles. The summed E-state index contributed by atoms with van der Waals surface area (Å²) >= 11 is 0. The van der Waals surface area contributed by atoms with Gasteiger partial charge in [-0.25, -0.2) is 4.39 Å². The highest BCUT2D eigenvalue weighted by Crippen LogP contribution is 2.09. The van der Waals surface area contributed by atoms with Crippen molar-refractivity contribution in [1.29, 1.82) is 0 Å². The largest absolute Gasteiger partial charge is 0.341 e. The molecule has 2 aromatic rings. The van der Waals surface area contributed by atoms with Crippen LogP contribution in [0.2, 0.25) is 0 Å². The lowest BCUT2D eigenvalue weighted by atomic mass is 10.1. The number of carbonyl (C=O) groups is 1. The first-order chi connectivity index (χ1) is 10.1. The van der Waals surface area contributed by atoms with Gasteiger partial charge in [0.15, 0.2) is 0 Å². The molecular weight excluding hydrogens is 265 g/mol. The Morgan fingerprint density at radius 1 is 1.05 bits per heavy atom. The van der Waals surface area contributed by atoms with E-state index >= 15 is 0 Å². The van der Waals surface area contributed by atoms with Crippen molar-refractivity contribution in [3.8, 4) is 0 Å². The predicted octanol–water partition coefficient (Wildman–Crippen LogP) is 3.81. The van der Waals surface area contributed by atoms with E-state index in [4.69, 9.17) is 0 Å². The summed E-state index contributed by atoms with van der Waals surface area (Å²) in [5.41, 5.74) is 2.06. The van der Waals surface area contributed by atoms with Crippen LogP contribution >= 0.6 is 0 Å². The number of amides is 1. The molecule has 0 unspecified atom stereocenters. The molecule has 21 heavy (non-hydrogen) atoms. The number of carbonyl (C=O) groups excluding carboxylic acids is 1. The van der Waals surface area contributed by atoms with Gasteiger partial charge in [0.2, 0.25) is 5.91 Å². The van der Waals surface area contributed by atoms with Crippen molar-refractivity contribution in [3.63, 3.8) is 0 Å². The highest BCUT2D eigenvalue weighted by Gasteiger charge is 2.09. The van der Waals surface area contributed by atoms with Crippen molar-refractivity contribution in [1.82, 2.24) is 4.90 Å². The molecule has 0 spiro atoms. The Kier molecular flexibility index (Phi) is 5.50. The fourth-order valence-electron chi connectivity index (χ4n) is 2.28. The topological polar surface area (TPSA) is 20.3 Å². The van der Waals surface area contributed by atoms with Gasteiger partial charge in [-0.2, -0.15) is 0 Å². The number of halogens is 1. The molecule has 110 valence electrons. The molecule has 0 saturated heterocycles. The minimum Gasteiger partial charge on any atom is -0.341 e. The van der Waals surface area contributed by atoms with E-state index < -0.39 is 0 Å². The fourth-order valence-corrected chi connectivity index (χ4v) is 2.28. The van der Waals surface area contributed by atoms with Gasteiger partial charge in [0.1, 0.15) is 5.82 Å². The summed E-state index contributed by atoms with van der Waals surface area (Å²) in [7, 11) is 1.76. The van der Waals surface area contributed by atoms with Gasteiger partial charge in [0.05, 0.1) is 0 Å². The highest BCUT2D eigenvalue weighted by molar-refractivity contribution is 5.75. The zero-order chi connectivity index (χ0) is 15.1. The van der Waals surface area contributed by atoms with Crippen molar-refractivity contribution in [2.45, 2.75) is 25.8 Å². The summed E-state index contributed by atoms with van der Waals surface area (Å²) in [6, 6.07) is 16.5. The summed E-state index contributed by atoms with van der Waals surface area (Å²) in [6.07, 6.45) is 2.25. The van der Waals surface area contributed by atoms with Gasteiger partial charge in [0, 0.05) is 20.0 Å². The normalized spacial score (nSPS) is 10.4. The number of nitrogens with zero attached hydrogens (tertiary/aromatic N) is 1. The van der Waals surface area contributed by atoms with Crippen LogP contribution in [0.3, 0.4) is 0 Å². The van der Waals surface area contributed by atoms with Crippen molar-refractivity contribution in [2.24, 2.45) is 0 Å². The Morgan fingerprint density at radius 2 is 1.76 bits per heavy atom. The molecule has 2 nitrogen and oxygen atoms in total. The first-order valence-electron chi connectivity index (χ1n) is 7.17. The lowest BCUT2D eigenvalue weighted by Gasteiger charge is -2.17. The number of benzene rings is 2. The lowest BCUT2D eigenvalue weighted by Crippen LogP contribution is -2.26. The lowest BCUT2D eigenvalue weighted by molar-refractivity contribution is -0.130. The van der Waals surface area contributed by atoms with E-state index in [0.29, 0.717) is 13.0 Å². The summed E-state index contributed by atoms with van der Waals surface area (Å²) in [4.78, 5) is 13.7. The quantitative estimate of drug-likeness (QED) is 0.790. The van der Waals surface area contributed by atoms with Crippen LogP contribution in [0.4, 0.5) is 4.39 Å². The Morgan fingerprint density at radius 3 is 2.48 bits per heavy atom. The van der Waals surface area contributed by atoms with Gasteiger partial charge in [0.25, 0.3) is 0 Å². The molecule has 0 saturated carbocycles. The van der Waals surface area contributed by atoms with E-state index in [9.17, 15) is 9.18 Å². The molecule has 0 atom stereocenters. The Labute approximate surface area is 125 Å². The molecule has 1 amide bonds. The van der Waals surface area contributed by atoms with Crippen molar-refractivity contribution in [2.75, 3.05) is 7.05 Å². The molecule has 0 N–H and O–H groups in total. The molecule has 2 rings (SSSR count). The zero-order valence-electron chi connectivity index (χ0n) is 12.3. The average Bonchev–Trinajstić information content (AvgIpc) is 2.48. The van der Waals surface area contributed by atoms with Gasteiger partial charge in [-0.1, -0.05) is 42.5 Å². The second-order valence-corrected chi connectivity index (χ2v) is 5.22. The summed E-state index contributed by atoms with van der Waals surface area (Å²) in [6.45, 7) is 0.446. The predicted molar refractivity (Wildman–Crippen MR) is 82.3 cm³/mol. The Hall–Kier alpha value is -2.16. The molecule has 0 aliphatic rings. The fraction of sp³-hybridized carbons (Fsp3) is 0.278. The van der Waals surface area contributed by atoms with Crippen LogP contribution in [0, 0.1) is 5.82 Å². The maximum absolute atomic E-state index is 13.1. The van der Waals surface area contributed by atoms with Crippen LogP contribution in [0.15, 0.2) is 54.6 Å². The molecule has 0 radical (unpaired) electrons. The standard InChI is InChI=1S/C18H20FNO/c1-20(14-16-10-5-11-17(19)13-16)18(21)12-6-9-15-7-3-2-4-8-15/h2-5,7-8,10-11,13H,6,9,12,14H2,1H3. The van der Waals surface area contributed by atoms with Crippen LogP contribution in [0.25, 0.3) is 0 Å². The van der Waals surface area contributed by atoms with Gasteiger partial charge >= 0.3 is 0 Å². The molecule has 0 bridgehead atoms. The number of hydrogen-bond donors (Lipinski definition) is 0. The van der Waals surface area contributed by atoms with Crippen molar-refractivity contribution >= 4 is 5.91 Å². The third-order valence-electron chi connectivity index (χ3n) is 3.43. The number of rotatable bonds is 6. The van der Waals surface area contributed by atoms with Gasteiger partial charge in [-0.3, -0.25) is 4.79 Å². The monoisotopic (exact) mass is 285 g/mol. The van der Waals surface area contributed by atoms with E-state index in [2.05, 4.69) is 12.1 Å². The van der Waals surface area contributed by atoms with Gasteiger partial charge in [-0.05, 0) is 36.1 Å². The summed E-state index contributed by atoms with van der Waals surface area (Å²) in [5.74, 6) is -0.174. The van der Waals surface area contributed by atoms with Crippen LogP contribution in [0.1, 0.15) is 24.0 Å². The second kappa shape index (κ2) is 7.58. The molecule has 0 fully saturated rings. The minimum atomic E-state index is -0.266. The molecule has 0 aliphatic carbocycles. The first-order valence-corrected chi connectivity index (χ1v) is 7.17. The van der Waals surface area contributed by atoms with Gasteiger partial charge < -0.3 is 4.90 Å². The Bertz CT molecular complexity index is 583. The van der Waals surface area contributed by atoms with Crippen LogP contribution in [-0.2, 0) is 17.8 Å². The minimum absolute atomic E-state index is 0.0928. The summed E-state index contributed by atoms with van der Waals surface area (Å²) in [5, 5.41) is 0. The smallest absolute Gasteiger partial charge is 0.222 e. The van der Waals surface area contributed by atoms with E-state index in [1.165, 1.54) is 17.7 Å². The van der Waals surface area contributed by atoms with Crippen LogP contribution in [-0.4, -0.2) is 17.9 Å². The van der Waals surface area contributed by atoms with Gasteiger partial charge in [-0.15, -0.1) is 0 Å². The maximum atomic E-state index is 13.1. The van der Waals surface area contributed by atoms with E-state index in [0.717, 1.165) is 18.4 Å². The maximum Gasteiger partial charge on any atom is 0.222 e. The molecule has 3 heteroatoms. The van der Waals surface area contributed by atoms with E-state index in [1.54, 1.807) is 18.0 Å². The third kappa shape index (κ3) is 5.03. The van der Waals surface area contributed by atoms with E-state index in [-0.39, 0.29) is 11.7 Å². The second-order valence-electron chi connectivity index (χ2n) is 5.22. The third-order valence-corrected chi connectivity index (χ3v) is 3.43.